The molecular formula is C19H21N5O2. The molecule has 0 aliphatic heterocycles. The maximum absolute atomic E-state index is 6.07. The first-order chi connectivity index (χ1) is 12.6. The lowest BCUT2D eigenvalue weighted by atomic mass is 10.0. The Morgan fingerprint density at radius 2 is 1.96 bits per heavy atom. The molecule has 134 valence electrons. The Morgan fingerprint density at radius 3 is 2.69 bits per heavy atom. The first-order valence-corrected chi connectivity index (χ1v) is 8.22. The Bertz CT molecular complexity index is 933. The van der Waals surface area contributed by atoms with Gasteiger partial charge in [0.15, 0.2) is 5.71 Å². The van der Waals surface area contributed by atoms with Gasteiger partial charge in [-0.25, -0.2) is 4.68 Å². The molecule has 0 saturated carbocycles. The van der Waals surface area contributed by atoms with Crippen molar-refractivity contribution in [3.63, 3.8) is 0 Å². The summed E-state index contributed by atoms with van der Waals surface area (Å²) in [5.41, 5.74) is 4.63. The zero-order chi connectivity index (χ0) is 18.5. The molecule has 0 fully saturated rings. The summed E-state index contributed by atoms with van der Waals surface area (Å²) in [6.45, 7) is 4.48. The minimum absolute atomic E-state index is 0.397. The average molecular weight is 351 g/mol. The lowest BCUT2D eigenvalue weighted by Crippen LogP contribution is -2.15. The molecule has 0 bridgehead atoms. The first kappa shape index (κ1) is 17.6. The third-order valence-electron chi connectivity index (χ3n) is 4.01. The fourth-order valence-electron chi connectivity index (χ4n) is 2.63. The fraction of sp³-hybridized carbons (Fsp3) is 0.263. The molecule has 7 nitrogen and oxygen atoms in total. The Balaban J connectivity index is 1.94. The van der Waals surface area contributed by atoms with Gasteiger partial charge in [0, 0.05) is 12.6 Å². The number of tetrazole rings is 1. The van der Waals surface area contributed by atoms with E-state index >= 15 is 0 Å². The zero-order valence-corrected chi connectivity index (χ0v) is 15.3. The zero-order valence-electron chi connectivity index (χ0n) is 15.3. The van der Waals surface area contributed by atoms with Gasteiger partial charge in [0.2, 0.25) is 5.82 Å². The van der Waals surface area contributed by atoms with Gasteiger partial charge in [0.25, 0.3) is 0 Å². The third-order valence-corrected chi connectivity index (χ3v) is 4.01. The molecule has 0 spiro atoms. The number of ether oxygens (including phenoxy) is 1. The van der Waals surface area contributed by atoms with Crippen LogP contribution in [-0.4, -0.2) is 33.0 Å². The topological polar surface area (TPSA) is 74.4 Å². The summed E-state index contributed by atoms with van der Waals surface area (Å²) in [4.78, 5) is 5.03. The van der Waals surface area contributed by atoms with Crippen LogP contribution in [0.15, 0.2) is 47.6 Å². The predicted molar refractivity (Wildman–Crippen MR) is 98.1 cm³/mol. The molecule has 1 heterocycles. The molecule has 0 aliphatic rings. The molecule has 3 aromatic rings. The summed E-state index contributed by atoms with van der Waals surface area (Å²) in [7, 11) is 3.26. The molecule has 0 atom stereocenters. The van der Waals surface area contributed by atoms with E-state index in [9.17, 15) is 0 Å². The number of hydrogen-bond donors (Lipinski definition) is 0. The third kappa shape index (κ3) is 3.72. The van der Waals surface area contributed by atoms with Crippen molar-refractivity contribution in [3.05, 3.63) is 70.5 Å². The smallest absolute Gasteiger partial charge is 0.204 e. The lowest BCUT2D eigenvalue weighted by Gasteiger charge is -2.13. The highest BCUT2D eigenvalue weighted by Gasteiger charge is 2.18. The SMILES string of the molecule is CO/N=C(/c1ccccc1COc1cc(C)ccc1C)c1nnnn1C. The van der Waals surface area contributed by atoms with Gasteiger partial charge in [-0.1, -0.05) is 41.6 Å². The summed E-state index contributed by atoms with van der Waals surface area (Å²) >= 11 is 0. The second kappa shape index (κ2) is 7.77. The molecule has 2 aromatic carbocycles. The van der Waals surface area contributed by atoms with Crippen molar-refractivity contribution in [1.82, 2.24) is 20.2 Å². The maximum Gasteiger partial charge on any atom is 0.204 e. The summed E-state index contributed by atoms with van der Waals surface area (Å²) in [6, 6.07) is 14.0. The van der Waals surface area contributed by atoms with Crippen LogP contribution in [0.1, 0.15) is 28.1 Å². The second-order valence-electron chi connectivity index (χ2n) is 5.96. The minimum Gasteiger partial charge on any atom is -0.489 e. The molecule has 0 unspecified atom stereocenters. The largest absolute Gasteiger partial charge is 0.489 e. The molecule has 0 amide bonds. The van der Waals surface area contributed by atoms with Crippen molar-refractivity contribution in [3.8, 4) is 5.75 Å². The maximum atomic E-state index is 6.07. The molecule has 7 heteroatoms. The summed E-state index contributed by atoms with van der Waals surface area (Å²) in [6.07, 6.45) is 0. The van der Waals surface area contributed by atoms with Gasteiger partial charge >= 0.3 is 0 Å². The van der Waals surface area contributed by atoms with Gasteiger partial charge in [-0.2, -0.15) is 0 Å². The van der Waals surface area contributed by atoms with E-state index in [0.29, 0.717) is 18.1 Å². The number of rotatable bonds is 6. The number of hydrogen-bond acceptors (Lipinski definition) is 6. The molecule has 1 aromatic heterocycles. The van der Waals surface area contributed by atoms with Crippen LogP contribution in [0, 0.1) is 13.8 Å². The number of oxime groups is 1. The normalized spacial score (nSPS) is 11.5. The molecule has 26 heavy (non-hydrogen) atoms. The van der Waals surface area contributed by atoms with E-state index in [1.807, 2.05) is 44.2 Å². The van der Waals surface area contributed by atoms with E-state index in [0.717, 1.165) is 28.0 Å². The molecule has 0 saturated heterocycles. The van der Waals surface area contributed by atoms with Crippen LogP contribution < -0.4 is 4.74 Å². The number of aryl methyl sites for hydroxylation is 3. The van der Waals surface area contributed by atoms with Gasteiger partial charge in [-0.3, -0.25) is 0 Å². The Morgan fingerprint density at radius 1 is 1.15 bits per heavy atom. The minimum atomic E-state index is 0.397. The number of nitrogens with zero attached hydrogens (tertiary/aromatic N) is 5. The van der Waals surface area contributed by atoms with E-state index in [4.69, 9.17) is 9.57 Å². The van der Waals surface area contributed by atoms with Crippen LogP contribution in [0.5, 0.6) is 5.75 Å². The van der Waals surface area contributed by atoms with Crippen molar-refractivity contribution in [2.75, 3.05) is 7.11 Å². The van der Waals surface area contributed by atoms with Crippen LogP contribution in [0.4, 0.5) is 0 Å². The Kier molecular flexibility index (Phi) is 5.26. The Labute approximate surface area is 152 Å². The van der Waals surface area contributed by atoms with Gasteiger partial charge in [-0.15, -0.1) is 5.10 Å². The molecule has 0 N–H and O–H groups in total. The van der Waals surface area contributed by atoms with E-state index in [1.165, 1.54) is 7.11 Å². The quantitative estimate of drug-likeness (QED) is 0.504. The highest BCUT2D eigenvalue weighted by Crippen LogP contribution is 2.22. The molecule has 0 radical (unpaired) electrons. The van der Waals surface area contributed by atoms with Crippen LogP contribution in [-0.2, 0) is 18.5 Å². The van der Waals surface area contributed by atoms with E-state index < -0.39 is 0 Å². The number of aromatic nitrogens is 4. The van der Waals surface area contributed by atoms with Crippen molar-refractivity contribution in [1.29, 1.82) is 0 Å². The summed E-state index contributed by atoms with van der Waals surface area (Å²) in [5, 5.41) is 15.8. The standard InChI is InChI=1S/C19H21N5O2/c1-13-9-10-14(2)17(11-13)26-12-15-7-5-6-8-16(15)18(21-25-4)19-20-22-23-24(19)3/h5-11H,12H2,1-4H3/b21-18-. The second-order valence-corrected chi connectivity index (χ2v) is 5.96. The first-order valence-electron chi connectivity index (χ1n) is 8.22. The van der Waals surface area contributed by atoms with Gasteiger partial charge in [0.05, 0.1) is 0 Å². The van der Waals surface area contributed by atoms with Crippen LogP contribution >= 0.6 is 0 Å². The van der Waals surface area contributed by atoms with Crippen LogP contribution in [0.2, 0.25) is 0 Å². The van der Waals surface area contributed by atoms with E-state index in [-0.39, 0.29) is 0 Å². The van der Waals surface area contributed by atoms with Crippen molar-refractivity contribution < 1.29 is 9.57 Å². The monoisotopic (exact) mass is 351 g/mol. The van der Waals surface area contributed by atoms with Gasteiger partial charge in [0.1, 0.15) is 19.5 Å². The highest BCUT2D eigenvalue weighted by molar-refractivity contribution is 6.11. The lowest BCUT2D eigenvalue weighted by molar-refractivity contribution is 0.213. The van der Waals surface area contributed by atoms with Crippen molar-refractivity contribution >= 4 is 5.71 Å². The molecule has 0 aliphatic carbocycles. The predicted octanol–water partition coefficient (Wildman–Crippen LogP) is 2.80. The van der Waals surface area contributed by atoms with E-state index in [2.05, 4.69) is 32.8 Å². The molecule has 3 rings (SSSR count). The average Bonchev–Trinajstić information content (AvgIpc) is 3.06. The highest BCUT2D eigenvalue weighted by atomic mass is 16.6. The van der Waals surface area contributed by atoms with Crippen molar-refractivity contribution in [2.24, 2.45) is 12.2 Å². The van der Waals surface area contributed by atoms with Crippen LogP contribution in [0.25, 0.3) is 0 Å². The van der Waals surface area contributed by atoms with Crippen molar-refractivity contribution in [2.45, 2.75) is 20.5 Å². The van der Waals surface area contributed by atoms with Gasteiger partial charge in [-0.05, 0) is 47.0 Å². The Hall–Kier alpha value is -3.22. The fourth-order valence-corrected chi connectivity index (χ4v) is 2.63. The van der Waals surface area contributed by atoms with Gasteiger partial charge < -0.3 is 9.57 Å². The number of benzene rings is 2. The van der Waals surface area contributed by atoms with Crippen LogP contribution in [0.3, 0.4) is 0 Å². The van der Waals surface area contributed by atoms with E-state index in [1.54, 1.807) is 11.7 Å². The summed E-state index contributed by atoms with van der Waals surface area (Å²) < 4.78 is 7.62. The summed E-state index contributed by atoms with van der Waals surface area (Å²) in [5.74, 6) is 1.39. The molecular weight excluding hydrogens is 330 g/mol.